The molecule has 1 rings (SSSR count). The van der Waals surface area contributed by atoms with Gasteiger partial charge in [0.2, 0.25) is 6.54 Å². The van der Waals surface area contributed by atoms with Crippen LogP contribution >= 0.6 is 0 Å². The predicted octanol–water partition coefficient (Wildman–Crippen LogP) is 0.673. The van der Waals surface area contributed by atoms with Crippen molar-refractivity contribution in [3.63, 3.8) is 0 Å². The van der Waals surface area contributed by atoms with Crippen LogP contribution < -0.4 is 9.47 Å². The summed E-state index contributed by atoms with van der Waals surface area (Å²) >= 11 is 0. The zero-order valence-electron chi connectivity index (χ0n) is 7.49. The molecule has 1 aromatic rings. The minimum absolute atomic E-state index is 0.633. The normalized spacial score (nSPS) is 9.08. The van der Waals surface area contributed by atoms with Crippen LogP contribution in [0.15, 0.2) is 24.5 Å². The van der Waals surface area contributed by atoms with Crippen LogP contribution in [-0.4, -0.2) is 14.1 Å². The third-order valence-corrected chi connectivity index (χ3v) is 1.66. The summed E-state index contributed by atoms with van der Waals surface area (Å²) in [6.45, 7) is 0.633. The Bertz CT molecular complexity index is 280. The summed E-state index contributed by atoms with van der Waals surface area (Å²) in [5.74, 6) is 2.58. The second-order valence-electron chi connectivity index (χ2n) is 2.83. The van der Waals surface area contributed by atoms with Crippen LogP contribution in [0.3, 0.4) is 0 Å². The van der Waals surface area contributed by atoms with Crippen LogP contribution in [0, 0.1) is 12.3 Å². The van der Waals surface area contributed by atoms with Gasteiger partial charge in [-0.05, 0) is 5.92 Å². The van der Waals surface area contributed by atoms with E-state index in [2.05, 4.69) is 10.8 Å². The zero-order chi connectivity index (χ0) is 8.97. The van der Waals surface area contributed by atoms with Crippen LogP contribution in [0.2, 0.25) is 0 Å². The average Bonchev–Trinajstić information content (AvgIpc) is 2.06. The smallest absolute Gasteiger partial charge is 0.208 e. The Morgan fingerprint density at radius 1 is 1.42 bits per heavy atom. The number of pyridine rings is 1. The topological polar surface area (TPSA) is 7.12 Å². The summed E-state index contributed by atoms with van der Waals surface area (Å²) in [7, 11) is 4.03. The van der Waals surface area contributed by atoms with Crippen LogP contribution in [0.25, 0.3) is 0 Å². The van der Waals surface area contributed by atoms with Crippen molar-refractivity contribution in [3.8, 4) is 12.3 Å². The number of hydrogen-bond acceptors (Lipinski definition) is 1. The first kappa shape index (κ1) is 8.61. The molecule has 0 aliphatic heterocycles. The Balaban J connectivity index is 2.80. The molecular weight excluding hydrogens is 148 g/mol. The monoisotopic (exact) mass is 161 g/mol. The Labute approximate surface area is 73.4 Å². The molecule has 62 valence electrons. The largest absolute Gasteiger partial charge is 0.377 e. The van der Waals surface area contributed by atoms with E-state index >= 15 is 0 Å². The summed E-state index contributed by atoms with van der Waals surface area (Å²) in [6.07, 6.45) is 9.14. The fourth-order valence-electron chi connectivity index (χ4n) is 0.958. The highest BCUT2D eigenvalue weighted by molar-refractivity contribution is 5.41. The third kappa shape index (κ3) is 2.00. The van der Waals surface area contributed by atoms with Gasteiger partial charge >= 0.3 is 0 Å². The Kier molecular flexibility index (Phi) is 2.71. The molecule has 0 N–H and O–H groups in total. The van der Waals surface area contributed by atoms with Crippen molar-refractivity contribution in [1.82, 2.24) is 0 Å². The Morgan fingerprint density at radius 3 is 2.42 bits per heavy atom. The van der Waals surface area contributed by atoms with E-state index in [1.807, 2.05) is 43.2 Å². The van der Waals surface area contributed by atoms with Crippen molar-refractivity contribution in [3.05, 3.63) is 24.5 Å². The predicted molar refractivity (Wildman–Crippen MR) is 49.8 cm³/mol. The van der Waals surface area contributed by atoms with E-state index in [0.29, 0.717) is 6.54 Å². The van der Waals surface area contributed by atoms with Gasteiger partial charge in [0.15, 0.2) is 12.4 Å². The quantitative estimate of drug-likeness (QED) is 0.457. The molecule has 0 amide bonds. The summed E-state index contributed by atoms with van der Waals surface area (Å²) < 4.78 is 1.97. The van der Waals surface area contributed by atoms with Crippen LogP contribution in [0.4, 0.5) is 5.69 Å². The summed E-state index contributed by atoms with van der Waals surface area (Å²) in [4.78, 5) is 2.06. The lowest BCUT2D eigenvalue weighted by Crippen LogP contribution is -2.31. The first-order valence-electron chi connectivity index (χ1n) is 3.84. The van der Waals surface area contributed by atoms with Crippen molar-refractivity contribution in [2.45, 2.75) is 6.54 Å². The van der Waals surface area contributed by atoms with Gasteiger partial charge in [0.1, 0.15) is 0 Å². The highest BCUT2D eigenvalue weighted by Crippen LogP contribution is 2.05. The fraction of sp³-hybridized carbons (Fsp3) is 0.300. The standard InChI is InChI=1S/C10H13N2/c1-4-7-12-8-5-10(6-9-12)11(2)3/h1,5-6,8-9H,7H2,2-3H3/q+1. The molecule has 0 spiro atoms. The van der Waals surface area contributed by atoms with Crippen LogP contribution in [0.1, 0.15) is 0 Å². The Hall–Kier alpha value is -1.49. The zero-order valence-corrected chi connectivity index (χ0v) is 7.49. The molecule has 0 fully saturated rings. The third-order valence-electron chi connectivity index (χ3n) is 1.66. The average molecular weight is 161 g/mol. The molecule has 1 aromatic heterocycles. The van der Waals surface area contributed by atoms with Crippen LogP contribution in [0.5, 0.6) is 0 Å². The van der Waals surface area contributed by atoms with Gasteiger partial charge in [-0.3, -0.25) is 0 Å². The number of nitrogens with zero attached hydrogens (tertiary/aromatic N) is 2. The molecule has 0 saturated carbocycles. The van der Waals surface area contributed by atoms with Crippen LogP contribution in [-0.2, 0) is 6.54 Å². The van der Waals surface area contributed by atoms with Crippen molar-refractivity contribution in [2.75, 3.05) is 19.0 Å². The highest BCUT2D eigenvalue weighted by Gasteiger charge is 1.98. The summed E-state index contributed by atoms with van der Waals surface area (Å²) in [5.41, 5.74) is 1.18. The van der Waals surface area contributed by atoms with Gasteiger partial charge in [-0.15, -0.1) is 6.42 Å². The van der Waals surface area contributed by atoms with Gasteiger partial charge in [0, 0.05) is 31.9 Å². The van der Waals surface area contributed by atoms with Gasteiger partial charge < -0.3 is 4.90 Å². The van der Waals surface area contributed by atoms with E-state index in [0.717, 1.165) is 0 Å². The molecule has 12 heavy (non-hydrogen) atoms. The molecule has 0 bridgehead atoms. The molecule has 0 atom stereocenters. The number of anilines is 1. The first-order chi connectivity index (χ1) is 5.74. The number of hydrogen-bond donors (Lipinski definition) is 0. The minimum Gasteiger partial charge on any atom is -0.377 e. The lowest BCUT2D eigenvalue weighted by Gasteiger charge is -2.09. The maximum absolute atomic E-state index is 5.18. The second-order valence-corrected chi connectivity index (χ2v) is 2.83. The summed E-state index contributed by atoms with van der Waals surface area (Å²) in [6, 6.07) is 4.08. The fourth-order valence-corrected chi connectivity index (χ4v) is 0.958. The van der Waals surface area contributed by atoms with E-state index in [9.17, 15) is 0 Å². The van der Waals surface area contributed by atoms with E-state index in [1.54, 1.807) is 0 Å². The molecule has 2 nitrogen and oxygen atoms in total. The van der Waals surface area contributed by atoms with Crippen molar-refractivity contribution >= 4 is 5.69 Å². The maximum atomic E-state index is 5.18. The van der Waals surface area contributed by atoms with E-state index < -0.39 is 0 Å². The van der Waals surface area contributed by atoms with Gasteiger partial charge in [-0.1, -0.05) is 0 Å². The maximum Gasteiger partial charge on any atom is 0.208 e. The van der Waals surface area contributed by atoms with Gasteiger partial charge in [0.25, 0.3) is 0 Å². The molecule has 0 aliphatic carbocycles. The first-order valence-corrected chi connectivity index (χ1v) is 3.84. The van der Waals surface area contributed by atoms with Gasteiger partial charge in [-0.25, -0.2) is 0 Å². The Morgan fingerprint density at radius 2 is 2.00 bits per heavy atom. The molecule has 0 aromatic carbocycles. The number of rotatable bonds is 2. The van der Waals surface area contributed by atoms with E-state index in [4.69, 9.17) is 6.42 Å². The molecule has 1 heterocycles. The molecule has 0 saturated heterocycles. The summed E-state index contributed by atoms with van der Waals surface area (Å²) in [5, 5.41) is 0. The SMILES string of the molecule is C#CC[n+]1ccc(N(C)C)cc1. The van der Waals surface area contributed by atoms with Crippen molar-refractivity contribution in [1.29, 1.82) is 0 Å². The molecular formula is C10H13N2+. The minimum atomic E-state index is 0.633. The van der Waals surface area contributed by atoms with Crippen molar-refractivity contribution in [2.24, 2.45) is 0 Å². The molecule has 0 aliphatic rings. The molecule has 2 heteroatoms. The van der Waals surface area contributed by atoms with Crippen molar-refractivity contribution < 1.29 is 4.57 Å². The van der Waals surface area contributed by atoms with E-state index in [-0.39, 0.29) is 0 Å². The lowest BCUT2D eigenvalue weighted by molar-refractivity contribution is -0.684. The lowest BCUT2D eigenvalue weighted by atomic mass is 10.4. The van der Waals surface area contributed by atoms with Gasteiger partial charge in [0.05, 0.1) is 0 Å². The van der Waals surface area contributed by atoms with Gasteiger partial charge in [-0.2, -0.15) is 4.57 Å². The number of terminal acetylenes is 1. The second kappa shape index (κ2) is 3.77. The highest BCUT2D eigenvalue weighted by atomic mass is 15.1. The van der Waals surface area contributed by atoms with E-state index in [1.165, 1.54) is 5.69 Å². The molecule has 0 unspecified atom stereocenters. The molecule has 0 radical (unpaired) electrons. The number of aromatic nitrogens is 1.